The Morgan fingerprint density at radius 2 is 1.27 bits per heavy atom. The van der Waals surface area contributed by atoms with E-state index in [0.717, 1.165) is 48.4 Å². The first-order valence-electron chi connectivity index (χ1n) is 17.3. The summed E-state index contributed by atoms with van der Waals surface area (Å²) in [6.07, 6.45) is 0.190. The first-order valence-corrected chi connectivity index (χ1v) is 18.9. The monoisotopic (exact) mass is 750 g/mol. The van der Waals surface area contributed by atoms with E-state index in [9.17, 15) is 31.2 Å². The maximum absolute atomic E-state index is 14.1. The lowest BCUT2D eigenvalue weighted by molar-refractivity contribution is -0.651. The van der Waals surface area contributed by atoms with Crippen LogP contribution in [-0.4, -0.2) is 64.7 Å². The van der Waals surface area contributed by atoms with Crippen LogP contribution in [-0.2, 0) is 28.9 Å². The highest BCUT2D eigenvalue weighted by Crippen LogP contribution is 2.31. The molecule has 0 unspecified atom stereocenters. The highest BCUT2D eigenvalue weighted by atomic mass is 32.2. The van der Waals surface area contributed by atoms with E-state index in [1.165, 1.54) is 0 Å². The second kappa shape index (κ2) is 18.9. The summed E-state index contributed by atoms with van der Waals surface area (Å²) in [6.45, 7) is 7.61. The van der Waals surface area contributed by atoms with E-state index in [1.807, 2.05) is 103 Å². The average Bonchev–Trinajstić information content (AvgIpc) is 3.46. The molecule has 3 N–H and O–H groups in total. The zero-order chi connectivity index (χ0) is 38.6. The number of nitrogens with one attached hydrogen (secondary N) is 1. The minimum absolute atomic E-state index is 0.0589. The van der Waals surface area contributed by atoms with Gasteiger partial charge in [0.1, 0.15) is 11.7 Å². The number of carboxylic acid groups (broad SMARTS) is 1. The van der Waals surface area contributed by atoms with Crippen molar-refractivity contribution in [3.05, 3.63) is 104 Å². The SMILES string of the molecule is CCCCCCNS(=O)(=O)CC[NH2+]CCCC(c1c(C)n(C)n(-c2ccccc2)c1=O)c1c(C)n(C)n(-c2ccccc2)c1=O.O=C([O-])C(F)(F)F. The van der Waals surface area contributed by atoms with Gasteiger partial charge in [-0.25, -0.2) is 22.5 Å². The lowest BCUT2D eigenvalue weighted by Crippen LogP contribution is -2.85. The number of nitrogens with zero attached hydrogens (tertiary/aromatic N) is 4. The molecule has 0 radical (unpaired) electrons. The van der Waals surface area contributed by atoms with E-state index < -0.39 is 28.1 Å². The van der Waals surface area contributed by atoms with Crippen molar-refractivity contribution in [3.63, 3.8) is 0 Å². The molecule has 0 saturated carbocycles. The topological polar surface area (TPSA) is 157 Å². The standard InChI is InChI=1S/C34H48N6O4S.C2HF3O2/c1-6-7-8-15-23-36-45(43,44)25-24-35-22-16-21-30(31-26(2)37(4)39(33(31)41)28-17-11-9-12-18-28)32-27(3)38(5)40(34(32)42)29-19-13-10-14-20-29;3-2(4,5)1(6)7/h9-14,17-20,30,35-36H,6-8,15-16,21-25H2,1-5H3;(H,6,7). The number of aliphatic carboxylic acids is 1. The zero-order valence-corrected chi connectivity index (χ0v) is 31.1. The number of quaternary nitrogens is 1. The normalized spacial score (nSPS) is 11.9. The Hall–Kier alpha value is -4.41. The van der Waals surface area contributed by atoms with Gasteiger partial charge < -0.3 is 15.2 Å². The van der Waals surface area contributed by atoms with Gasteiger partial charge in [-0.2, -0.15) is 13.2 Å². The van der Waals surface area contributed by atoms with Gasteiger partial charge in [0.2, 0.25) is 10.0 Å². The summed E-state index contributed by atoms with van der Waals surface area (Å²) in [5, 5.41) is 10.8. The number of alkyl halides is 3. The van der Waals surface area contributed by atoms with Crippen molar-refractivity contribution in [2.45, 2.75) is 71.4 Å². The fourth-order valence-electron chi connectivity index (χ4n) is 6.11. The molecule has 0 atom stereocenters. The summed E-state index contributed by atoms with van der Waals surface area (Å²) >= 11 is 0. The molecule has 0 aliphatic carbocycles. The van der Waals surface area contributed by atoms with Crippen molar-refractivity contribution in [1.82, 2.24) is 23.4 Å². The Morgan fingerprint density at radius 1 is 0.808 bits per heavy atom. The van der Waals surface area contributed by atoms with Gasteiger partial charge in [0.05, 0.1) is 24.5 Å². The van der Waals surface area contributed by atoms with Gasteiger partial charge in [0, 0.05) is 49.1 Å². The number of rotatable bonds is 17. The van der Waals surface area contributed by atoms with Crippen molar-refractivity contribution >= 4 is 16.0 Å². The van der Waals surface area contributed by atoms with Crippen LogP contribution >= 0.6 is 0 Å². The number of halogens is 3. The fraction of sp³-hybridized carbons (Fsp3) is 0.472. The third-order valence-electron chi connectivity index (χ3n) is 8.97. The number of para-hydroxylation sites is 2. The molecule has 0 fully saturated rings. The van der Waals surface area contributed by atoms with Crippen LogP contribution in [0.4, 0.5) is 13.2 Å². The number of hydrogen-bond donors (Lipinski definition) is 2. The van der Waals surface area contributed by atoms with Crippen LogP contribution in [0, 0.1) is 13.8 Å². The number of carbonyl (C=O) groups excluding carboxylic acids is 1. The number of nitrogens with two attached hydrogens (primary N) is 1. The smallest absolute Gasteiger partial charge is 0.430 e. The molecular formula is C36H49F3N6O6S. The van der Waals surface area contributed by atoms with E-state index in [0.29, 0.717) is 43.6 Å². The molecule has 4 rings (SSSR count). The Kier molecular flexibility index (Phi) is 15.3. The van der Waals surface area contributed by atoms with Crippen LogP contribution in [0.3, 0.4) is 0 Å². The molecule has 12 nitrogen and oxygen atoms in total. The maximum Gasteiger partial charge on any atom is 0.430 e. The second-order valence-corrected chi connectivity index (χ2v) is 14.5. The van der Waals surface area contributed by atoms with Crippen molar-refractivity contribution in [3.8, 4) is 11.4 Å². The van der Waals surface area contributed by atoms with Crippen molar-refractivity contribution in [2.75, 3.05) is 25.4 Å². The van der Waals surface area contributed by atoms with E-state index in [4.69, 9.17) is 9.90 Å². The first kappa shape index (κ1) is 42.0. The van der Waals surface area contributed by atoms with Crippen molar-refractivity contribution in [2.24, 2.45) is 14.1 Å². The minimum atomic E-state index is -5.19. The maximum atomic E-state index is 14.1. The van der Waals surface area contributed by atoms with Gasteiger partial charge in [-0.15, -0.1) is 0 Å². The summed E-state index contributed by atoms with van der Waals surface area (Å²) < 4.78 is 66.1. The molecule has 0 aliphatic rings. The van der Waals surface area contributed by atoms with Crippen LogP contribution in [0.2, 0.25) is 0 Å². The Bertz CT molecular complexity index is 1880. The third kappa shape index (κ3) is 10.8. The van der Waals surface area contributed by atoms with Crippen molar-refractivity contribution < 1.29 is 36.8 Å². The molecule has 52 heavy (non-hydrogen) atoms. The second-order valence-electron chi connectivity index (χ2n) is 12.6. The first-order chi connectivity index (χ1) is 24.5. The lowest BCUT2D eigenvalue weighted by Gasteiger charge is -2.15. The highest BCUT2D eigenvalue weighted by molar-refractivity contribution is 7.89. The van der Waals surface area contributed by atoms with E-state index >= 15 is 0 Å². The number of hydrogen-bond acceptors (Lipinski definition) is 6. The molecule has 2 aromatic carbocycles. The highest BCUT2D eigenvalue weighted by Gasteiger charge is 2.31. The molecule has 0 aliphatic heterocycles. The van der Waals surface area contributed by atoms with Crippen LogP contribution < -0.4 is 26.3 Å². The number of unbranched alkanes of at least 4 members (excludes halogenated alkanes) is 3. The van der Waals surface area contributed by atoms with Gasteiger partial charge in [0.15, 0.2) is 0 Å². The lowest BCUT2D eigenvalue weighted by atomic mass is 9.87. The third-order valence-corrected chi connectivity index (χ3v) is 10.4. The molecule has 4 aromatic rings. The Morgan fingerprint density at radius 3 is 1.69 bits per heavy atom. The largest absolute Gasteiger partial charge is 0.542 e. The fourth-order valence-corrected chi connectivity index (χ4v) is 7.19. The van der Waals surface area contributed by atoms with E-state index in [1.54, 1.807) is 9.36 Å². The average molecular weight is 751 g/mol. The summed E-state index contributed by atoms with van der Waals surface area (Å²) in [6, 6.07) is 19.0. The number of aromatic nitrogens is 4. The summed E-state index contributed by atoms with van der Waals surface area (Å²) in [5.41, 5.74) is 4.09. The predicted octanol–water partition coefficient (Wildman–Crippen LogP) is 2.56. The number of benzene rings is 2. The molecule has 286 valence electrons. The quantitative estimate of drug-likeness (QED) is 0.158. The molecule has 16 heteroatoms. The van der Waals surface area contributed by atoms with E-state index in [2.05, 4.69) is 11.6 Å². The molecule has 2 aromatic heterocycles. The molecular weight excluding hydrogens is 701 g/mol. The number of carboxylic acids is 1. The Balaban J connectivity index is 0.000000944. The number of sulfonamides is 1. The molecule has 0 bridgehead atoms. The number of carbonyl (C=O) groups is 1. The molecule has 0 saturated heterocycles. The van der Waals surface area contributed by atoms with E-state index in [-0.39, 0.29) is 16.9 Å². The van der Waals surface area contributed by atoms with Crippen LogP contribution in [0.1, 0.15) is 73.9 Å². The van der Waals surface area contributed by atoms with Gasteiger partial charge >= 0.3 is 6.18 Å². The molecule has 0 spiro atoms. The van der Waals surface area contributed by atoms with Gasteiger partial charge in [0.25, 0.3) is 11.1 Å². The summed E-state index contributed by atoms with van der Waals surface area (Å²) in [4.78, 5) is 37.1. The van der Waals surface area contributed by atoms with Crippen LogP contribution in [0.15, 0.2) is 70.3 Å². The van der Waals surface area contributed by atoms with Crippen LogP contribution in [0.5, 0.6) is 0 Å². The van der Waals surface area contributed by atoms with Crippen molar-refractivity contribution in [1.29, 1.82) is 0 Å². The summed E-state index contributed by atoms with van der Waals surface area (Å²) in [5.74, 6) is -3.38. The van der Waals surface area contributed by atoms with Gasteiger partial charge in [-0.1, -0.05) is 62.6 Å². The Labute approximate surface area is 301 Å². The van der Waals surface area contributed by atoms with Gasteiger partial charge in [-0.3, -0.25) is 19.0 Å². The van der Waals surface area contributed by atoms with Crippen LogP contribution in [0.25, 0.3) is 11.4 Å². The molecule has 2 heterocycles. The minimum Gasteiger partial charge on any atom is -0.542 e. The zero-order valence-electron chi connectivity index (χ0n) is 30.3. The molecule has 0 amide bonds. The predicted molar refractivity (Wildman–Crippen MR) is 191 cm³/mol. The van der Waals surface area contributed by atoms with Gasteiger partial charge in [-0.05, 0) is 57.4 Å². The summed E-state index contributed by atoms with van der Waals surface area (Å²) in [7, 11) is 0.431.